The fourth-order valence-corrected chi connectivity index (χ4v) is 4.48. The Labute approximate surface area is 191 Å². The SMILES string of the molecule is CCCCCCCCCCCCCCN(C)CCCC[C@@H]1O[C@H](CO)[C@@H](O)[C@H](O)[C@H]1O. The molecule has 0 spiro atoms. The van der Waals surface area contributed by atoms with Crippen LogP contribution in [0.15, 0.2) is 0 Å². The molecule has 4 N–H and O–H groups in total. The first kappa shape index (κ1) is 28.8. The van der Waals surface area contributed by atoms with Crippen LogP contribution in [-0.4, -0.2) is 82.6 Å². The first-order chi connectivity index (χ1) is 15.0. The van der Waals surface area contributed by atoms with Gasteiger partial charge in [-0.1, -0.05) is 77.6 Å². The lowest BCUT2D eigenvalue weighted by atomic mass is 9.92. The standard InChI is InChI=1S/C25H51NO5/c1-3-4-5-6-7-8-9-10-11-12-13-15-18-26(2)19-16-14-17-21-23(28)25(30)24(29)22(20-27)31-21/h21-25,27-30H,3-20H2,1-2H3/t21-,22+,23-,24+,25+/m0/s1. The summed E-state index contributed by atoms with van der Waals surface area (Å²) in [4.78, 5) is 2.36. The molecule has 1 heterocycles. The van der Waals surface area contributed by atoms with E-state index in [1.807, 2.05) is 0 Å². The molecule has 1 aliphatic rings. The van der Waals surface area contributed by atoms with Gasteiger partial charge in [-0.25, -0.2) is 0 Å². The number of hydrogen-bond acceptors (Lipinski definition) is 6. The molecule has 1 saturated heterocycles. The molecule has 186 valence electrons. The predicted octanol–water partition coefficient (Wildman–Crippen LogP) is 3.63. The van der Waals surface area contributed by atoms with E-state index in [0.29, 0.717) is 6.42 Å². The summed E-state index contributed by atoms with van der Waals surface area (Å²) in [5, 5.41) is 39.0. The van der Waals surface area contributed by atoms with Crippen molar-refractivity contribution >= 4 is 0 Å². The van der Waals surface area contributed by atoms with Crippen molar-refractivity contribution in [1.29, 1.82) is 0 Å². The van der Waals surface area contributed by atoms with E-state index in [1.165, 1.54) is 77.0 Å². The van der Waals surface area contributed by atoms with Crippen LogP contribution in [0.25, 0.3) is 0 Å². The van der Waals surface area contributed by atoms with Crippen molar-refractivity contribution in [2.45, 2.75) is 134 Å². The van der Waals surface area contributed by atoms with Gasteiger partial charge in [-0.3, -0.25) is 0 Å². The largest absolute Gasteiger partial charge is 0.394 e. The van der Waals surface area contributed by atoms with Crippen molar-refractivity contribution in [3.63, 3.8) is 0 Å². The van der Waals surface area contributed by atoms with Crippen molar-refractivity contribution < 1.29 is 25.2 Å². The molecule has 0 saturated carbocycles. The summed E-state index contributed by atoms with van der Waals surface area (Å²) < 4.78 is 5.56. The highest BCUT2D eigenvalue weighted by Crippen LogP contribution is 2.24. The lowest BCUT2D eigenvalue weighted by molar-refractivity contribution is -0.230. The Kier molecular flexibility index (Phi) is 16.9. The lowest BCUT2D eigenvalue weighted by Gasteiger charge is -2.40. The zero-order chi connectivity index (χ0) is 22.9. The van der Waals surface area contributed by atoms with Gasteiger partial charge in [0.15, 0.2) is 0 Å². The van der Waals surface area contributed by atoms with Crippen molar-refractivity contribution in [2.24, 2.45) is 0 Å². The Bertz CT molecular complexity index is 409. The summed E-state index contributed by atoms with van der Waals surface area (Å²) >= 11 is 0. The molecule has 0 aromatic carbocycles. The van der Waals surface area contributed by atoms with Crippen molar-refractivity contribution in [2.75, 3.05) is 26.7 Å². The molecule has 0 bridgehead atoms. The first-order valence-corrected chi connectivity index (χ1v) is 13.0. The van der Waals surface area contributed by atoms with Gasteiger partial charge in [0.2, 0.25) is 0 Å². The summed E-state index contributed by atoms with van der Waals surface area (Å²) in [6, 6.07) is 0. The minimum atomic E-state index is -1.26. The molecule has 0 aliphatic carbocycles. The quantitative estimate of drug-likeness (QED) is 0.227. The molecule has 0 radical (unpaired) electrons. The fourth-order valence-electron chi connectivity index (χ4n) is 4.48. The van der Waals surface area contributed by atoms with Gasteiger partial charge < -0.3 is 30.1 Å². The topological polar surface area (TPSA) is 93.4 Å². The molecule has 6 nitrogen and oxygen atoms in total. The highest BCUT2D eigenvalue weighted by Gasteiger charge is 2.42. The van der Waals surface area contributed by atoms with Crippen LogP contribution in [0.3, 0.4) is 0 Å². The van der Waals surface area contributed by atoms with Crippen LogP contribution < -0.4 is 0 Å². The maximum atomic E-state index is 10.1. The Morgan fingerprint density at radius 2 is 1.06 bits per heavy atom. The van der Waals surface area contributed by atoms with Gasteiger partial charge >= 0.3 is 0 Å². The maximum absolute atomic E-state index is 10.1. The van der Waals surface area contributed by atoms with E-state index in [0.717, 1.165) is 25.9 Å². The monoisotopic (exact) mass is 445 g/mol. The van der Waals surface area contributed by atoms with E-state index >= 15 is 0 Å². The van der Waals surface area contributed by atoms with E-state index in [9.17, 15) is 20.4 Å². The van der Waals surface area contributed by atoms with Gasteiger partial charge in [0, 0.05) is 0 Å². The van der Waals surface area contributed by atoms with Gasteiger partial charge in [0.1, 0.15) is 24.4 Å². The second-order valence-corrected chi connectivity index (χ2v) is 9.56. The van der Waals surface area contributed by atoms with Crippen LogP contribution in [0.5, 0.6) is 0 Å². The Hall–Kier alpha value is -0.240. The van der Waals surface area contributed by atoms with Gasteiger partial charge in [-0.05, 0) is 45.8 Å². The van der Waals surface area contributed by atoms with Gasteiger partial charge in [-0.15, -0.1) is 0 Å². The fraction of sp³-hybridized carbons (Fsp3) is 1.00. The minimum Gasteiger partial charge on any atom is -0.394 e. The van der Waals surface area contributed by atoms with Crippen LogP contribution >= 0.6 is 0 Å². The van der Waals surface area contributed by atoms with Crippen LogP contribution in [0.4, 0.5) is 0 Å². The molecule has 5 atom stereocenters. The number of aliphatic hydroxyl groups is 4. The number of ether oxygens (including phenoxy) is 1. The smallest absolute Gasteiger partial charge is 0.111 e. The Morgan fingerprint density at radius 3 is 1.58 bits per heavy atom. The van der Waals surface area contributed by atoms with Gasteiger partial charge in [-0.2, -0.15) is 0 Å². The van der Waals surface area contributed by atoms with Crippen LogP contribution in [0, 0.1) is 0 Å². The van der Waals surface area contributed by atoms with Crippen LogP contribution in [0.2, 0.25) is 0 Å². The van der Waals surface area contributed by atoms with Crippen molar-refractivity contribution in [3.05, 3.63) is 0 Å². The highest BCUT2D eigenvalue weighted by molar-refractivity contribution is 4.91. The molecular weight excluding hydrogens is 394 g/mol. The molecule has 6 heteroatoms. The van der Waals surface area contributed by atoms with Crippen molar-refractivity contribution in [1.82, 2.24) is 4.90 Å². The predicted molar refractivity (Wildman–Crippen MR) is 126 cm³/mol. The average Bonchev–Trinajstić information content (AvgIpc) is 2.77. The number of unbranched alkanes of at least 4 members (excludes halogenated alkanes) is 12. The normalized spacial score (nSPS) is 26.6. The second kappa shape index (κ2) is 18.2. The molecule has 0 aromatic heterocycles. The van der Waals surface area contributed by atoms with Crippen molar-refractivity contribution in [3.8, 4) is 0 Å². The van der Waals surface area contributed by atoms with Crippen LogP contribution in [0.1, 0.15) is 103 Å². The maximum Gasteiger partial charge on any atom is 0.111 e. The minimum absolute atomic E-state index is 0.358. The number of aliphatic hydroxyl groups excluding tert-OH is 4. The van der Waals surface area contributed by atoms with Gasteiger partial charge in [0.25, 0.3) is 0 Å². The third kappa shape index (κ3) is 12.5. The van der Waals surface area contributed by atoms with E-state index in [2.05, 4.69) is 18.9 Å². The number of hydrogen-bond donors (Lipinski definition) is 4. The summed E-state index contributed by atoms with van der Waals surface area (Å²) in [5.74, 6) is 0. The molecule has 1 rings (SSSR count). The zero-order valence-electron chi connectivity index (χ0n) is 20.3. The first-order valence-electron chi connectivity index (χ1n) is 13.0. The molecule has 1 aliphatic heterocycles. The summed E-state index contributed by atoms with van der Waals surface area (Å²) in [6.45, 7) is 4.04. The van der Waals surface area contributed by atoms with Gasteiger partial charge in [0.05, 0.1) is 12.7 Å². The average molecular weight is 446 g/mol. The lowest BCUT2D eigenvalue weighted by Crippen LogP contribution is -2.58. The molecule has 1 fully saturated rings. The van der Waals surface area contributed by atoms with E-state index in [1.54, 1.807) is 0 Å². The number of nitrogens with zero attached hydrogens (tertiary/aromatic N) is 1. The van der Waals surface area contributed by atoms with E-state index < -0.39 is 30.5 Å². The third-order valence-corrected chi connectivity index (χ3v) is 6.66. The van der Waals surface area contributed by atoms with E-state index in [4.69, 9.17) is 4.74 Å². The molecule has 0 amide bonds. The van der Waals surface area contributed by atoms with Crippen LogP contribution in [-0.2, 0) is 4.74 Å². The van der Waals surface area contributed by atoms with E-state index in [-0.39, 0.29) is 6.61 Å². The molecule has 31 heavy (non-hydrogen) atoms. The summed E-state index contributed by atoms with van der Waals surface area (Å²) in [7, 11) is 2.16. The highest BCUT2D eigenvalue weighted by atomic mass is 16.5. The molecular formula is C25H51NO5. The molecule has 0 aromatic rings. The summed E-state index contributed by atoms with van der Waals surface area (Å²) in [5.41, 5.74) is 0. The third-order valence-electron chi connectivity index (χ3n) is 6.66. The molecule has 0 unspecified atom stereocenters. The Morgan fingerprint density at radius 1 is 0.613 bits per heavy atom. The number of rotatable bonds is 19. The zero-order valence-corrected chi connectivity index (χ0v) is 20.3. The summed E-state index contributed by atoms with van der Waals surface area (Å²) in [6.07, 6.45) is 14.0. The Balaban J connectivity index is 1.94. The second-order valence-electron chi connectivity index (χ2n) is 9.56.